The van der Waals surface area contributed by atoms with Gasteiger partial charge in [-0.1, -0.05) is 18.2 Å². The highest BCUT2D eigenvalue weighted by molar-refractivity contribution is 7.86. The number of hydrogen-bond acceptors (Lipinski definition) is 22. The number of methoxy groups -OCH3 is 1. The Morgan fingerprint density at radius 1 is 0.667 bits per heavy atom. The van der Waals surface area contributed by atoms with Crippen LogP contribution >= 0.6 is 0 Å². The second-order valence-corrected chi connectivity index (χ2v) is 23.7. The molecule has 24 nitrogen and oxygen atoms in total. The molecule has 28 heteroatoms. The van der Waals surface area contributed by atoms with E-state index in [1.807, 2.05) is 4.90 Å². The molecule has 3 heterocycles. The van der Waals surface area contributed by atoms with Crippen LogP contribution in [0.2, 0.25) is 0 Å². The molecule has 0 bridgehead atoms. The van der Waals surface area contributed by atoms with E-state index in [1.165, 1.54) is 24.3 Å². The van der Waals surface area contributed by atoms with Crippen molar-refractivity contribution in [3.63, 3.8) is 0 Å². The van der Waals surface area contributed by atoms with Gasteiger partial charge in [0.15, 0.2) is 12.3 Å². The van der Waals surface area contributed by atoms with Gasteiger partial charge in [-0.25, -0.2) is 38.5 Å². The maximum absolute atomic E-state index is 12.4. The molecule has 2 amide bonds. The number of nitrogens with zero attached hydrogens (tertiary/aromatic N) is 3. The van der Waals surface area contributed by atoms with Crippen LogP contribution in [0.1, 0.15) is 69.9 Å². The lowest BCUT2D eigenvalue weighted by Gasteiger charge is -2.30. The average molecular weight is 1130 g/mol. The van der Waals surface area contributed by atoms with Gasteiger partial charge in [0.05, 0.1) is 94.7 Å². The summed E-state index contributed by atoms with van der Waals surface area (Å²) < 4.78 is 174. The normalized spacial score (nSPS) is 19.9. The van der Waals surface area contributed by atoms with Crippen LogP contribution < -0.4 is 4.90 Å². The highest BCUT2D eigenvalue weighted by atomic mass is 32.2. The minimum absolute atomic E-state index is 0.0156. The van der Waals surface area contributed by atoms with Crippen LogP contribution in [0, 0.1) is 0 Å². The molecule has 0 N–H and O–H groups in total. The molecule has 0 radical (unpaired) electrons. The minimum Gasteiger partial charge on any atom is -0.748 e. The van der Waals surface area contributed by atoms with E-state index in [0.717, 1.165) is 12.1 Å². The zero-order chi connectivity index (χ0) is 55.2. The fourth-order valence-corrected chi connectivity index (χ4v) is 11.0. The van der Waals surface area contributed by atoms with Crippen LogP contribution in [0.5, 0.6) is 0 Å². The summed E-state index contributed by atoms with van der Waals surface area (Å²) in [6, 6.07) is 7.53. The monoisotopic (exact) mass is 1130 g/mol. The molecule has 75 heavy (non-hydrogen) atoms. The first-order valence-electron chi connectivity index (χ1n) is 23.6. The summed E-state index contributed by atoms with van der Waals surface area (Å²) in [6.45, 7) is 5.37. The van der Waals surface area contributed by atoms with Crippen LogP contribution in [0.3, 0.4) is 0 Å². The van der Waals surface area contributed by atoms with E-state index in [4.69, 9.17) is 28.5 Å². The van der Waals surface area contributed by atoms with Gasteiger partial charge in [-0.3, -0.25) is 9.59 Å². The van der Waals surface area contributed by atoms with Crippen LogP contribution in [0.4, 0.5) is 11.4 Å². The number of rotatable bonds is 32. The third-order valence-electron chi connectivity index (χ3n) is 12.6. The van der Waals surface area contributed by atoms with E-state index in [0.29, 0.717) is 65.4 Å². The molecule has 2 atom stereocenters. The SMILES string of the molecule is COCCOCCOCCOCCN1C(=CC=CC=CC2=[N+](CCOCCC(=O)ON3C(=O)CCC3=O)c3ccc(S(=O)(=O)[O-])cc3C2(C)CCCS(=O)(=O)[O-])C(C)(CCCS(=O)(=O)[O-])c2cc(S(=O)(=O)[O-])ccc21. The fourth-order valence-electron chi connectivity index (χ4n) is 9.00. The Balaban J connectivity index is 1.48. The van der Waals surface area contributed by atoms with Crippen LogP contribution in [0.15, 0.2) is 82.3 Å². The zero-order valence-corrected chi connectivity index (χ0v) is 44.8. The Labute approximate surface area is 436 Å². The second kappa shape index (κ2) is 26.5. The van der Waals surface area contributed by atoms with Crippen molar-refractivity contribution >= 4 is 75.3 Å². The molecule has 5 rings (SSSR count). The summed E-state index contributed by atoms with van der Waals surface area (Å²) in [5.74, 6) is -3.71. The number of fused-ring (bicyclic) bond motifs is 2. The molecule has 1 fully saturated rings. The van der Waals surface area contributed by atoms with Crippen LogP contribution in [0.25, 0.3) is 0 Å². The molecular formula is C47H60N3O21S4-3. The van der Waals surface area contributed by atoms with Crippen molar-refractivity contribution in [1.82, 2.24) is 5.06 Å². The summed E-state index contributed by atoms with van der Waals surface area (Å²) in [5.41, 5.74) is 0.106. The number of anilines is 1. The van der Waals surface area contributed by atoms with Gasteiger partial charge in [-0.15, -0.1) is 5.06 Å². The van der Waals surface area contributed by atoms with Crippen molar-refractivity contribution in [2.24, 2.45) is 0 Å². The second-order valence-electron chi connectivity index (χ2n) is 17.9. The molecule has 2 aromatic carbocycles. The average Bonchev–Trinajstić information content (AvgIpc) is 3.84. The number of amides is 2. The fraction of sp³-hybridized carbons (Fsp3) is 0.532. The zero-order valence-electron chi connectivity index (χ0n) is 41.5. The number of imide groups is 1. The summed E-state index contributed by atoms with van der Waals surface area (Å²) in [7, 11) is -17.8. The van der Waals surface area contributed by atoms with Crippen molar-refractivity contribution in [3.05, 3.63) is 83.6 Å². The number of benzene rings is 2. The minimum atomic E-state index is -5.00. The highest BCUT2D eigenvalue weighted by Gasteiger charge is 2.48. The highest BCUT2D eigenvalue weighted by Crippen LogP contribution is 2.51. The molecule has 3 aliphatic heterocycles. The Kier molecular flexibility index (Phi) is 21.6. The van der Waals surface area contributed by atoms with E-state index in [9.17, 15) is 66.3 Å². The van der Waals surface area contributed by atoms with Crippen molar-refractivity contribution < 1.29 is 99.4 Å². The predicted molar refractivity (Wildman–Crippen MR) is 262 cm³/mol. The van der Waals surface area contributed by atoms with Gasteiger partial charge in [0.1, 0.15) is 26.8 Å². The molecule has 0 saturated carbocycles. The number of carbonyl (C=O) groups is 3. The maximum Gasteiger partial charge on any atom is 0.335 e. The molecule has 0 aliphatic carbocycles. The summed E-state index contributed by atoms with van der Waals surface area (Å²) in [6.07, 6.45) is 7.26. The summed E-state index contributed by atoms with van der Waals surface area (Å²) in [5, 5.41) is 0.407. The van der Waals surface area contributed by atoms with Crippen molar-refractivity contribution in [2.75, 3.05) is 96.1 Å². The quantitative estimate of drug-likeness (QED) is 0.0332. The number of hydrogen-bond donors (Lipinski definition) is 0. The number of allylic oxidation sites excluding steroid dienone is 6. The molecule has 3 aliphatic rings. The first-order valence-corrected chi connectivity index (χ1v) is 29.6. The largest absolute Gasteiger partial charge is 0.748 e. The Morgan fingerprint density at radius 2 is 1.20 bits per heavy atom. The molecule has 0 spiro atoms. The van der Waals surface area contributed by atoms with Gasteiger partial charge in [-0.2, -0.15) is 4.58 Å². The van der Waals surface area contributed by atoms with E-state index >= 15 is 0 Å². The van der Waals surface area contributed by atoms with E-state index < -0.39 is 90.4 Å². The smallest absolute Gasteiger partial charge is 0.335 e. The summed E-state index contributed by atoms with van der Waals surface area (Å²) >= 11 is 0. The molecule has 2 aromatic rings. The lowest BCUT2D eigenvalue weighted by Crippen LogP contribution is -2.33. The lowest BCUT2D eigenvalue weighted by molar-refractivity contribution is -0.442. The van der Waals surface area contributed by atoms with Gasteiger partial charge in [-0.05, 0) is 81.5 Å². The van der Waals surface area contributed by atoms with Gasteiger partial charge < -0.3 is 51.6 Å². The topological polar surface area (TPSA) is 345 Å². The Hall–Kier alpha value is -4.82. The number of ether oxygens (including phenoxy) is 5. The predicted octanol–water partition coefficient (Wildman–Crippen LogP) is 1.99. The van der Waals surface area contributed by atoms with Crippen molar-refractivity contribution in [1.29, 1.82) is 0 Å². The van der Waals surface area contributed by atoms with Crippen molar-refractivity contribution in [2.45, 2.75) is 79.4 Å². The molecular weight excluding hydrogens is 1070 g/mol. The van der Waals surface area contributed by atoms with E-state index in [2.05, 4.69) is 0 Å². The van der Waals surface area contributed by atoms with Crippen molar-refractivity contribution in [3.8, 4) is 0 Å². The first kappa shape index (κ1) is 61.0. The van der Waals surface area contributed by atoms with Gasteiger partial charge in [0.25, 0.3) is 11.8 Å². The lowest BCUT2D eigenvalue weighted by atomic mass is 9.76. The molecule has 416 valence electrons. The third-order valence-corrected chi connectivity index (χ3v) is 15.9. The molecule has 2 unspecified atom stereocenters. The van der Waals surface area contributed by atoms with E-state index in [1.54, 1.807) is 55.9 Å². The maximum atomic E-state index is 12.4. The van der Waals surface area contributed by atoms with Crippen LogP contribution in [-0.4, -0.2) is 176 Å². The van der Waals surface area contributed by atoms with Crippen LogP contribution in [-0.2, 0) is 94.2 Å². The van der Waals surface area contributed by atoms with E-state index in [-0.39, 0.29) is 91.1 Å². The Bertz CT molecular complexity index is 2980. The first-order chi connectivity index (χ1) is 35.2. The van der Waals surface area contributed by atoms with Gasteiger partial charge in [0.2, 0.25) is 5.69 Å². The number of hydroxylamine groups is 2. The third kappa shape index (κ3) is 17.1. The molecule has 0 aromatic heterocycles. The van der Waals surface area contributed by atoms with Gasteiger partial charge >= 0.3 is 5.97 Å². The van der Waals surface area contributed by atoms with Gasteiger partial charge in [0, 0.05) is 72.5 Å². The Morgan fingerprint density at radius 3 is 1.77 bits per heavy atom. The summed E-state index contributed by atoms with van der Waals surface area (Å²) in [4.78, 5) is 41.8. The number of carbonyl (C=O) groups excluding carboxylic acids is 3. The molecule has 1 saturated heterocycles. The standard InChI is InChI=1S/C47H63N3O21S4/c1-46(18-7-31-72(54,55)56)37-33-35(74(60,61)62)11-13-39(37)48(20-23-67-22-17-45(53)71-50-43(51)15-16-44(50)52)41(46)9-5-4-6-10-42-47(2,19-8-32-73(57,58)59)38-34-36(75(63,64)65)12-14-40(38)49(42)21-24-68-27-28-70-30-29-69-26-25-66-3/h4-6,9-14,33-34H,7-8,15-32H2,1-3H3,(H3-,54,55,56,57,58,59,60,61,62,63,64,65)/p-3.